The van der Waals surface area contributed by atoms with Crippen molar-refractivity contribution in [2.24, 2.45) is 0 Å². The number of halogens is 2. The van der Waals surface area contributed by atoms with Crippen LogP contribution in [-0.2, 0) is 16.4 Å². The lowest BCUT2D eigenvalue weighted by atomic mass is 9.83. The van der Waals surface area contributed by atoms with E-state index in [-0.39, 0.29) is 28.4 Å². The van der Waals surface area contributed by atoms with E-state index in [1.165, 1.54) is 6.20 Å². The topological polar surface area (TPSA) is 110 Å². The molecule has 12 heteroatoms. The number of hydrogen-bond acceptors (Lipinski definition) is 8. The van der Waals surface area contributed by atoms with Crippen molar-refractivity contribution in [2.45, 2.75) is 84.2 Å². The van der Waals surface area contributed by atoms with E-state index in [1.54, 1.807) is 12.3 Å². The molecule has 0 saturated carbocycles. The van der Waals surface area contributed by atoms with Crippen molar-refractivity contribution >= 4 is 25.6 Å². The van der Waals surface area contributed by atoms with Crippen molar-refractivity contribution in [2.75, 3.05) is 23.8 Å². The van der Waals surface area contributed by atoms with Crippen LogP contribution in [0.25, 0.3) is 11.3 Å². The molecular weight excluding hydrogens is 544 g/mol. The number of benzene rings is 1. The number of hydrogen-bond donors (Lipinski definition) is 2. The maximum Gasteiger partial charge on any atom is 0.257 e. The van der Waals surface area contributed by atoms with Crippen LogP contribution in [0.1, 0.15) is 52.7 Å². The minimum Gasteiger partial charge on any atom is -0.472 e. The Kier molecular flexibility index (Phi) is 8.43. The number of nitrogens with one attached hydrogen (secondary N) is 2. The minimum absolute atomic E-state index is 0.0816. The van der Waals surface area contributed by atoms with Crippen molar-refractivity contribution < 1.29 is 17.9 Å². The molecule has 0 fully saturated rings. The van der Waals surface area contributed by atoms with Gasteiger partial charge in [0.15, 0.2) is 8.32 Å². The summed E-state index contributed by atoms with van der Waals surface area (Å²) in [7, 11) is -1.99. The van der Waals surface area contributed by atoms with Crippen molar-refractivity contribution in [3.8, 4) is 23.2 Å². The van der Waals surface area contributed by atoms with E-state index in [4.69, 9.17) is 9.16 Å². The fraction of sp³-hybridized carbons (Fsp3) is 0.517. The Hall–Kier alpha value is -3.56. The fourth-order valence-corrected chi connectivity index (χ4v) is 5.46. The Labute approximate surface area is 241 Å². The molecule has 1 aromatic carbocycles. The van der Waals surface area contributed by atoms with Gasteiger partial charge in [-0.05, 0) is 55.7 Å². The lowest BCUT2D eigenvalue weighted by molar-refractivity contribution is 0.120. The molecule has 0 spiro atoms. The van der Waals surface area contributed by atoms with Crippen molar-refractivity contribution in [1.29, 1.82) is 5.26 Å². The number of fused-ring (bicyclic) bond motifs is 1. The summed E-state index contributed by atoms with van der Waals surface area (Å²) < 4.78 is 39.4. The Morgan fingerprint density at radius 2 is 2.00 bits per heavy atom. The summed E-state index contributed by atoms with van der Waals surface area (Å²) in [6.07, 6.45) is 0.282. The zero-order valence-corrected chi connectivity index (χ0v) is 26.0. The average molecular weight is 584 g/mol. The minimum atomic E-state index is -2.56. The number of nitrogens with zero attached hydrogens (tertiary/aromatic N) is 5. The Balaban J connectivity index is 1.66. The first-order valence-electron chi connectivity index (χ1n) is 13.7. The van der Waals surface area contributed by atoms with E-state index in [9.17, 15) is 14.0 Å². The van der Waals surface area contributed by atoms with Crippen LogP contribution in [0.5, 0.6) is 5.88 Å². The largest absolute Gasteiger partial charge is 0.472 e. The Morgan fingerprint density at radius 1 is 1.27 bits per heavy atom. The lowest BCUT2D eigenvalue weighted by Gasteiger charge is -2.39. The first-order chi connectivity index (χ1) is 19.1. The molecule has 3 heterocycles. The highest BCUT2D eigenvalue weighted by atomic mass is 28.4. The first kappa shape index (κ1) is 30.4. The molecule has 220 valence electrons. The molecule has 1 aliphatic heterocycles. The van der Waals surface area contributed by atoms with Gasteiger partial charge in [0.25, 0.3) is 12.3 Å². The van der Waals surface area contributed by atoms with Crippen LogP contribution in [0.15, 0.2) is 30.6 Å². The Morgan fingerprint density at radius 3 is 2.63 bits per heavy atom. The molecule has 0 saturated heterocycles. The molecule has 0 unspecified atom stereocenters. The van der Waals surface area contributed by atoms with Crippen LogP contribution in [0.4, 0.5) is 26.1 Å². The van der Waals surface area contributed by atoms with E-state index < -0.39 is 21.3 Å². The molecule has 9 nitrogen and oxygen atoms in total. The van der Waals surface area contributed by atoms with Gasteiger partial charge in [-0.3, -0.25) is 4.68 Å². The summed E-state index contributed by atoms with van der Waals surface area (Å²) >= 11 is 0. The van der Waals surface area contributed by atoms with E-state index in [1.807, 2.05) is 19.9 Å². The van der Waals surface area contributed by atoms with Crippen LogP contribution in [0.2, 0.25) is 18.1 Å². The summed E-state index contributed by atoms with van der Waals surface area (Å²) in [6.45, 7) is 17.6. The quantitative estimate of drug-likeness (QED) is 0.253. The highest BCUT2D eigenvalue weighted by Crippen LogP contribution is 2.44. The molecule has 0 aliphatic carbocycles. The zero-order valence-electron chi connectivity index (χ0n) is 25.0. The van der Waals surface area contributed by atoms with E-state index in [0.29, 0.717) is 30.1 Å². The summed E-state index contributed by atoms with van der Waals surface area (Å²) in [5, 5.41) is 20.7. The number of anilines is 3. The molecule has 3 aromatic rings. The molecule has 1 aliphatic rings. The van der Waals surface area contributed by atoms with Gasteiger partial charge < -0.3 is 19.8 Å². The molecule has 41 heavy (non-hydrogen) atoms. The highest BCUT2D eigenvalue weighted by molar-refractivity contribution is 6.74. The number of aromatic nitrogens is 4. The summed E-state index contributed by atoms with van der Waals surface area (Å²) in [6, 6.07) is 7.97. The standard InChI is InChI=1S/C29H39F2N7O2Si/c1-18(2)40-26-23(14-38(37-26)15-24(30)31)36-27-33-10-9-22(35-27)19-11-20(13-32)25-21(12-19)29(6,16-34-25)17-39-41(7,8)28(3,4)5/h9-12,14,18,24,34H,15-17H2,1-8H3,(H,33,35,36)/t29-/m1/s1. The van der Waals surface area contributed by atoms with Gasteiger partial charge in [0.1, 0.15) is 18.3 Å². The Bertz CT molecular complexity index is 1450. The van der Waals surface area contributed by atoms with Crippen molar-refractivity contribution in [3.63, 3.8) is 0 Å². The summed E-state index contributed by atoms with van der Waals surface area (Å²) in [4.78, 5) is 9.00. The van der Waals surface area contributed by atoms with Gasteiger partial charge in [-0.25, -0.2) is 18.7 Å². The summed E-state index contributed by atoms with van der Waals surface area (Å²) in [5.41, 5.74) is 3.78. The van der Waals surface area contributed by atoms with Gasteiger partial charge in [-0.15, -0.1) is 5.10 Å². The van der Waals surface area contributed by atoms with Gasteiger partial charge in [0.05, 0.1) is 29.2 Å². The second kappa shape index (κ2) is 11.4. The summed E-state index contributed by atoms with van der Waals surface area (Å²) in [5.74, 6) is 0.427. The SMILES string of the molecule is CC(C)Oc1nn(CC(F)F)cc1Nc1nccc(-c2cc(C#N)c3c(c2)[C@@](C)(CO[Si](C)(C)C(C)(C)C)CN3)n1. The predicted octanol–water partition coefficient (Wildman–Crippen LogP) is 6.71. The number of rotatable bonds is 10. The molecule has 1 atom stereocenters. The zero-order chi connectivity index (χ0) is 30.2. The maximum atomic E-state index is 13.0. The van der Waals surface area contributed by atoms with Crippen LogP contribution in [0.3, 0.4) is 0 Å². The first-order valence-corrected chi connectivity index (χ1v) is 16.6. The predicted molar refractivity (Wildman–Crippen MR) is 158 cm³/mol. The molecule has 2 N–H and O–H groups in total. The molecular formula is C29H39F2N7O2Si. The molecule has 0 amide bonds. The third-order valence-corrected chi connectivity index (χ3v) is 12.2. The van der Waals surface area contributed by atoms with Crippen molar-refractivity contribution in [3.05, 3.63) is 41.7 Å². The fourth-order valence-electron chi connectivity index (χ4n) is 4.34. The van der Waals surface area contributed by atoms with Crippen LogP contribution in [0, 0.1) is 11.3 Å². The number of nitriles is 1. The smallest absolute Gasteiger partial charge is 0.257 e. The van der Waals surface area contributed by atoms with Gasteiger partial charge in [0, 0.05) is 30.3 Å². The van der Waals surface area contributed by atoms with E-state index >= 15 is 0 Å². The van der Waals surface area contributed by atoms with Gasteiger partial charge >= 0.3 is 0 Å². The third kappa shape index (κ3) is 6.68. The average Bonchev–Trinajstić information content (AvgIpc) is 3.41. The van der Waals surface area contributed by atoms with E-state index in [0.717, 1.165) is 21.5 Å². The van der Waals surface area contributed by atoms with Gasteiger partial charge in [0.2, 0.25) is 5.95 Å². The second-order valence-corrected chi connectivity index (χ2v) is 17.3. The van der Waals surface area contributed by atoms with Gasteiger partial charge in [-0.1, -0.05) is 27.7 Å². The van der Waals surface area contributed by atoms with Crippen LogP contribution in [-0.4, -0.2) is 53.7 Å². The van der Waals surface area contributed by atoms with Crippen LogP contribution < -0.4 is 15.4 Å². The number of alkyl halides is 2. The lowest BCUT2D eigenvalue weighted by Crippen LogP contribution is -2.45. The monoisotopic (exact) mass is 583 g/mol. The van der Waals surface area contributed by atoms with Crippen LogP contribution >= 0.6 is 0 Å². The number of ether oxygens (including phenoxy) is 1. The molecule has 2 aromatic heterocycles. The van der Waals surface area contributed by atoms with Crippen molar-refractivity contribution in [1.82, 2.24) is 19.7 Å². The third-order valence-electron chi connectivity index (χ3n) is 7.72. The molecule has 0 bridgehead atoms. The van der Waals surface area contributed by atoms with E-state index in [2.05, 4.69) is 78.6 Å². The highest BCUT2D eigenvalue weighted by Gasteiger charge is 2.42. The van der Waals surface area contributed by atoms with Gasteiger partial charge in [-0.2, -0.15) is 5.26 Å². The maximum absolute atomic E-state index is 13.0. The second-order valence-electron chi connectivity index (χ2n) is 12.5. The molecule has 0 radical (unpaired) electrons. The normalized spacial score (nSPS) is 17.0. The molecule has 4 rings (SSSR count).